The highest BCUT2D eigenvalue weighted by Crippen LogP contribution is 2.38. The van der Waals surface area contributed by atoms with E-state index >= 15 is 0 Å². The molecular weight excluding hydrogens is 321 g/mol. The molecule has 1 unspecified atom stereocenters. The summed E-state index contributed by atoms with van der Waals surface area (Å²) >= 11 is 6.00. The predicted octanol–water partition coefficient (Wildman–Crippen LogP) is 2.94. The summed E-state index contributed by atoms with van der Waals surface area (Å²) in [5.41, 5.74) is 0.678. The summed E-state index contributed by atoms with van der Waals surface area (Å²) in [6.07, 6.45) is -7.64. The van der Waals surface area contributed by atoms with Crippen LogP contribution in [0, 0.1) is 18.3 Å². The van der Waals surface area contributed by atoms with Gasteiger partial charge < -0.3 is 10.0 Å². The average Bonchev–Trinajstić information content (AvgIpc) is 2.81. The highest BCUT2D eigenvalue weighted by atomic mass is 35.5. The molecule has 8 heteroatoms. The van der Waals surface area contributed by atoms with Gasteiger partial charge in [-0.2, -0.15) is 18.4 Å². The van der Waals surface area contributed by atoms with Crippen LogP contribution in [0.1, 0.15) is 24.0 Å². The Morgan fingerprint density at radius 2 is 2.14 bits per heavy atom. The molecule has 1 aliphatic heterocycles. The maximum atomic E-state index is 12.8. The van der Waals surface area contributed by atoms with Crippen molar-refractivity contribution in [3.8, 4) is 6.07 Å². The first kappa shape index (κ1) is 16.6. The molecule has 1 aliphatic rings. The van der Waals surface area contributed by atoms with Crippen LogP contribution in [-0.2, 0) is 4.79 Å². The number of alkyl halides is 3. The zero-order valence-corrected chi connectivity index (χ0v) is 12.2. The van der Waals surface area contributed by atoms with E-state index in [1.54, 1.807) is 0 Å². The monoisotopic (exact) mass is 332 g/mol. The minimum atomic E-state index is -4.82. The van der Waals surface area contributed by atoms with Gasteiger partial charge in [0.1, 0.15) is 6.07 Å². The first-order valence-corrected chi connectivity index (χ1v) is 6.82. The zero-order valence-electron chi connectivity index (χ0n) is 11.5. The molecule has 0 aliphatic carbocycles. The normalized spacial score (nSPS) is 20.1. The van der Waals surface area contributed by atoms with Crippen LogP contribution in [0.15, 0.2) is 12.1 Å². The van der Waals surface area contributed by atoms with Gasteiger partial charge in [-0.3, -0.25) is 4.79 Å². The van der Waals surface area contributed by atoms with E-state index in [4.69, 9.17) is 16.9 Å². The Balaban J connectivity index is 2.48. The topological polar surface area (TPSA) is 64.3 Å². The molecule has 4 nitrogen and oxygen atoms in total. The summed E-state index contributed by atoms with van der Waals surface area (Å²) in [7, 11) is 0. The van der Waals surface area contributed by atoms with E-state index in [0.29, 0.717) is 5.56 Å². The second kappa shape index (κ2) is 5.78. The molecule has 1 N–H and O–H groups in total. The predicted molar refractivity (Wildman–Crippen MR) is 73.5 cm³/mol. The molecule has 1 amide bonds. The quantitative estimate of drug-likeness (QED) is 0.905. The number of nitrogens with zero attached hydrogens (tertiary/aromatic N) is 2. The number of rotatable bonds is 2. The summed E-state index contributed by atoms with van der Waals surface area (Å²) < 4.78 is 38.3. The molecule has 1 aromatic rings. The summed E-state index contributed by atoms with van der Waals surface area (Å²) in [5.74, 6) is -0.517. The number of amides is 1. The number of nitriles is 1. The first-order chi connectivity index (χ1) is 10.2. The van der Waals surface area contributed by atoms with Gasteiger partial charge in [-0.15, -0.1) is 0 Å². The van der Waals surface area contributed by atoms with Gasteiger partial charge in [0.2, 0.25) is 5.91 Å². The Morgan fingerprint density at radius 3 is 2.68 bits per heavy atom. The second-order valence-electron chi connectivity index (χ2n) is 5.04. The molecule has 1 aromatic carbocycles. The molecule has 0 aromatic heterocycles. The van der Waals surface area contributed by atoms with Crippen molar-refractivity contribution in [1.29, 1.82) is 5.26 Å². The number of aliphatic hydroxyl groups excluding tert-OH is 1. The fourth-order valence-electron chi connectivity index (χ4n) is 2.56. The van der Waals surface area contributed by atoms with Crippen molar-refractivity contribution in [3.05, 3.63) is 28.3 Å². The molecule has 0 radical (unpaired) electrons. The Kier molecular flexibility index (Phi) is 4.36. The fraction of sp³-hybridized carbons (Fsp3) is 0.429. The van der Waals surface area contributed by atoms with Gasteiger partial charge in [-0.1, -0.05) is 11.6 Å². The van der Waals surface area contributed by atoms with E-state index in [2.05, 4.69) is 0 Å². The number of hydrogen-bond donors (Lipinski definition) is 1. The number of carbonyl (C=O) groups is 1. The molecule has 118 valence electrons. The van der Waals surface area contributed by atoms with Crippen molar-refractivity contribution in [2.24, 2.45) is 0 Å². The third kappa shape index (κ3) is 2.76. The lowest BCUT2D eigenvalue weighted by Gasteiger charge is -2.31. The van der Waals surface area contributed by atoms with Crippen LogP contribution >= 0.6 is 11.6 Å². The molecule has 2 rings (SSSR count). The molecule has 22 heavy (non-hydrogen) atoms. The van der Waals surface area contributed by atoms with Crippen LogP contribution in [-0.4, -0.2) is 29.3 Å². The van der Waals surface area contributed by atoms with Crippen molar-refractivity contribution in [1.82, 2.24) is 0 Å². The maximum absolute atomic E-state index is 12.8. The van der Waals surface area contributed by atoms with Gasteiger partial charge in [0.05, 0.1) is 16.6 Å². The van der Waals surface area contributed by atoms with E-state index in [-0.39, 0.29) is 29.1 Å². The van der Waals surface area contributed by atoms with Crippen LogP contribution in [0.25, 0.3) is 0 Å². The van der Waals surface area contributed by atoms with Crippen molar-refractivity contribution in [2.75, 3.05) is 4.90 Å². The van der Waals surface area contributed by atoms with Gasteiger partial charge in [-0.05, 0) is 31.0 Å². The van der Waals surface area contributed by atoms with E-state index in [9.17, 15) is 23.1 Å². The molecule has 1 saturated heterocycles. The Hall–Kier alpha value is -1.78. The molecular formula is C14H12ClF3N2O2. The molecule has 2 atom stereocenters. The number of aliphatic hydroxyl groups is 1. The molecule has 0 saturated carbocycles. The van der Waals surface area contributed by atoms with Crippen molar-refractivity contribution in [2.45, 2.75) is 38.1 Å². The highest BCUT2D eigenvalue weighted by molar-refractivity contribution is 6.33. The smallest absolute Gasteiger partial charge is 0.382 e. The summed E-state index contributed by atoms with van der Waals surface area (Å²) in [6, 6.07) is 3.18. The van der Waals surface area contributed by atoms with Crippen molar-refractivity contribution in [3.63, 3.8) is 0 Å². The minimum Gasteiger partial charge on any atom is -0.382 e. The second-order valence-corrected chi connectivity index (χ2v) is 5.42. The summed E-state index contributed by atoms with van der Waals surface area (Å²) in [6.45, 7) is 1.52. The molecule has 0 spiro atoms. The third-order valence-corrected chi connectivity index (χ3v) is 4.18. The number of hydrogen-bond acceptors (Lipinski definition) is 3. The van der Waals surface area contributed by atoms with Gasteiger partial charge in [0.25, 0.3) is 0 Å². The van der Waals surface area contributed by atoms with Crippen molar-refractivity contribution >= 4 is 23.2 Å². The maximum Gasteiger partial charge on any atom is 0.416 e. The zero-order chi connectivity index (χ0) is 16.7. The van der Waals surface area contributed by atoms with Gasteiger partial charge in [0, 0.05) is 12.1 Å². The fourth-order valence-corrected chi connectivity index (χ4v) is 2.76. The number of carbonyl (C=O) groups excluding carboxylic acids is 1. The van der Waals surface area contributed by atoms with Crippen LogP contribution in [0.3, 0.4) is 0 Å². The van der Waals surface area contributed by atoms with Crippen molar-refractivity contribution < 1.29 is 23.1 Å². The SMILES string of the molecule is Cc1c(N2C(=O)CCC2[C@@H](O)C(F)(F)F)ccc(C#N)c1Cl. The number of halogens is 4. The lowest BCUT2D eigenvalue weighted by atomic mass is 10.0. The van der Waals surface area contributed by atoms with Crippen LogP contribution in [0.4, 0.5) is 18.9 Å². The summed E-state index contributed by atoms with van der Waals surface area (Å²) in [5, 5.41) is 18.5. The van der Waals surface area contributed by atoms with Crippen LogP contribution in [0.5, 0.6) is 0 Å². The molecule has 0 bridgehead atoms. The van der Waals surface area contributed by atoms with Gasteiger partial charge >= 0.3 is 6.18 Å². The lowest BCUT2D eigenvalue weighted by molar-refractivity contribution is -0.209. The Labute approximate surface area is 129 Å². The average molecular weight is 333 g/mol. The van der Waals surface area contributed by atoms with Crippen LogP contribution < -0.4 is 4.90 Å². The molecule has 1 heterocycles. The van der Waals surface area contributed by atoms with E-state index in [1.165, 1.54) is 19.1 Å². The standard InChI is InChI=1S/C14H12ClF3N2O2/c1-7-9(3-2-8(6-19)12(7)15)20-10(4-5-11(20)21)13(22)14(16,17)18/h2-3,10,13,22H,4-5H2,1H3/t10?,13-/m1/s1. The highest BCUT2D eigenvalue weighted by Gasteiger charge is 2.49. The van der Waals surface area contributed by atoms with E-state index < -0.39 is 24.2 Å². The first-order valence-electron chi connectivity index (χ1n) is 6.44. The lowest BCUT2D eigenvalue weighted by Crippen LogP contribution is -2.48. The third-order valence-electron chi connectivity index (χ3n) is 3.69. The largest absolute Gasteiger partial charge is 0.416 e. The van der Waals surface area contributed by atoms with Crippen LogP contribution in [0.2, 0.25) is 5.02 Å². The van der Waals surface area contributed by atoms with E-state index in [0.717, 1.165) is 4.90 Å². The summed E-state index contributed by atoms with van der Waals surface area (Å²) in [4.78, 5) is 12.9. The van der Waals surface area contributed by atoms with Gasteiger partial charge in [0.15, 0.2) is 6.10 Å². The Morgan fingerprint density at radius 1 is 1.50 bits per heavy atom. The molecule has 1 fully saturated rings. The van der Waals surface area contributed by atoms with E-state index in [1.807, 2.05) is 6.07 Å². The Bertz CT molecular complexity index is 655. The minimum absolute atomic E-state index is 0.0833. The number of benzene rings is 1. The number of anilines is 1. The van der Waals surface area contributed by atoms with Gasteiger partial charge in [-0.25, -0.2) is 0 Å².